The van der Waals surface area contributed by atoms with Gasteiger partial charge >= 0.3 is 5.97 Å². The summed E-state index contributed by atoms with van der Waals surface area (Å²) in [5, 5.41) is 3.40. The third kappa shape index (κ3) is 4.94. The molecule has 3 rings (SSSR count). The van der Waals surface area contributed by atoms with Gasteiger partial charge < -0.3 is 14.8 Å². The summed E-state index contributed by atoms with van der Waals surface area (Å²) in [6.45, 7) is 5.68. The van der Waals surface area contributed by atoms with E-state index in [1.165, 1.54) is 18.4 Å². The van der Waals surface area contributed by atoms with Gasteiger partial charge in [-0.3, -0.25) is 9.69 Å². The number of esters is 1. The lowest BCUT2D eigenvalue weighted by atomic mass is 10.1. The van der Waals surface area contributed by atoms with Crippen LogP contribution in [0.1, 0.15) is 24.2 Å². The van der Waals surface area contributed by atoms with Gasteiger partial charge in [0.25, 0.3) is 0 Å². The van der Waals surface area contributed by atoms with Crippen molar-refractivity contribution in [3.63, 3.8) is 0 Å². The van der Waals surface area contributed by atoms with Crippen LogP contribution in [0.2, 0.25) is 0 Å². The Kier molecular flexibility index (Phi) is 6.26. The van der Waals surface area contributed by atoms with Gasteiger partial charge in [0, 0.05) is 18.0 Å². The summed E-state index contributed by atoms with van der Waals surface area (Å²) in [5.74, 6) is -0.611. The van der Waals surface area contributed by atoms with Crippen molar-refractivity contribution in [3.8, 4) is 10.4 Å². The standard InChI is InChI=1S/C20H24N2O4S/c1-13-10-22(11-14(2)26-13)12-18(23)21-19-16(20(24)25-3)9-17(27-19)15-7-5-4-6-8-15/h4-9,13-14H,10-12H2,1-3H3,(H,21,23). The van der Waals surface area contributed by atoms with E-state index in [9.17, 15) is 9.59 Å². The van der Waals surface area contributed by atoms with Crippen molar-refractivity contribution in [2.75, 3.05) is 32.1 Å². The van der Waals surface area contributed by atoms with Crippen molar-refractivity contribution >= 4 is 28.2 Å². The summed E-state index contributed by atoms with van der Waals surface area (Å²) >= 11 is 1.37. The maximum atomic E-state index is 12.6. The van der Waals surface area contributed by atoms with Gasteiger partial charge in [-0.15, -0.1) is 11.3 Å². The van der Waals surface area contributed by atoms with Gasteiger partial charge in [-0.2, -0.15) is 0 Å². The number of nitrogens with zero attached hydrogens (tertiary/aromatic N) is 1. The third-order valence-electron chi connectivity index (χ3n) is 4.31. The first-order valence-corrected chi connectivity index (χ1v) is 9.73. The van der Waals surface area contributed by atoms with Crippen LogP contribution in [0, 0.1) is 0 Å². The molecule has 1 fully saturated rings. The molecule has 0 radical (unpaired) electrons. The summed E-state index contributed by atoms with van der Waals surface area (Å²) in [4.78, 5) is 27.7. The molecule has 6 nitrogen and oxygen atoms in total. The van der Waals surface area contributed by atoms with Crippen molar-refractivity contribution in [1.29, 1.82) is 0 Å². The molecule has 7 heteroatoms. The summed E-state index contributed by atoms with van der Waals surface area (Å²) in [7, 11) is 1.34. The molecule has 1 aromatic carbocycles. The summed E-state index contributed by atoms with van der Waals surface area (Å²) in [6.07, 6.45) is 0.192. The van der Waals surface area contributed by atoms with Gasteiger partial charge in [-0.05, 0) is 25.5 Å². The number of methoxy groups -OCH3 is 1. The van der Waals surface area contributed by atoms with Crippen LogP contribution in [-0.2, 0) is 14.3 Å². The number of rotatable bonds is 5. The van der Waals surface area contributed by atoms with Crippen molar-refractivity contribution in [3.05, 3.63) is 42.0 Å². The van der Waals surface area contributed by atoms with Gasteiger partial charge in [0.1, 0.15) is 5.00 Å². The molecule has 0 saturated carbocycles. The van der Waals surface area contributed by atoms with Crippen LogP contribution >= 0.6 is 11.3 Å². The second-order valence-corrected chi connectivity index (χ2v) is 7.76. The van der Waals surface area contributed by atoms with Crippen LogP contribution in [0.4, 0.5) is 5.00 Å². The van der Waals surface area contributed by atoms with Gasteiger partial charge in [-0.25, -0.2) is 4.79 Å². The monoisotopic (exact) mass is 388 g/mol. The highest BCUT2D eigenvalue weighted by molar-refractivity contribution is 7.20. The lowest BCUT2D eigenvalue weighted by molar-refractivity contribution is -0.121. The number of ether oxygens (including phenoxy) is 2. The number of thiophene rings is 1. The van der Waals surface area contributed by atoms with E-state index in [2.05, 4.69) is 10.2 Å². The van der Waals surface area contributed by atoms with Gasteiger partial charge in [0.05, 0.1) is 31.4 Å². The van der Waals surface area contributed by atoms with Crippen LogP contribution in [0.5, 0.6) is 0 Å². The van der Waals surface area contributed by atoms with Crippen LogP contribution in [0.15, 0.2) is 36.4 Å². The minimum Gasteiger partial charge on any atom is -0.465 e. The predicted octanol–water partition coefficient (Wildman–Crippen LogP) is 3.25. The largest absolute Gasteiger partial charge is 0.465 e. The molecular formula is C20H24N2O4S. The number of hydrogen-bond donors (Lipinski definition) is 1. The number of anilines is 1. The van der Waals surface area contributed by atoms with Crippen LogP contribution in [-0.4, -0.2) is 55.7 Å². The normalized spacial score (nSPS) is 20.3. The molecule has 1 aliphatic rings. The number of hydrogen-bond acceptors (Lipinski definition) is 6. The number of amides is 1. The quantitative estimate of drug-likeness (QED) is 0.797. The number of carbonyl (C=O) groups excluding carboxylic acids is 2. The second-order valence-electron chi connectivity index (χ2n) is 6.71. The third-order valence-corrected chi connectivity index (χ3v) is 5.41. The number of nitrogens with one attached hydrogen (secondary N) is 1. The zero-order valence-corrected chi connectivity index (χ0v) is 16.5. The van der Waals surface area contributed by atoms with Gasteiger partial charge in [-0.1, -0.05) is 30.3 Å². The van der Waals surface area contributed by atoms with E-state index < -0.39 is 5.97 Å². The molecule has 2 aromatic rings. The van der Waals surface area contributed by atoms with E-state index in [4.69, 9.17) is 9.47 Å². The number of benzene rings is 1. The highest BCUT2D eigenvalue weighted by Gasteiger charge is 2.25. The van der Waals surface area contributed by atoms with Crippen LogP contribution in [0.3, 0.4) is 0 Å². The summed E-state index contributed by atoms with van der Waals surface area (Å²) in [6, 6.07) is 11.5. The maximum absolute atomic E-state index is 12.6. The topological polar surface area (TPSA) is 67.9 Å². The van der Waals surface area contributed by atoms with E-state index in [0.29, 0.717) is 23.7 Å². The molecule has 1 aliphatic heterocycles. The van der Waals surface area contributed by atoms with Crippen LogP contribution in [0.25, 0.3) is 10.4 Å². The molecule has 27 heavy (non-hydrogen) atoms. The maximum Gasteiger partial charge on any atom is 0.340 e. The first kappa shape index (κ1) is 19.5. The van der Waals surface area contributed by atoms with E-state index in [1.54, 1.807) is 6.07 Å². The Labute approximate surface area is 163 Å². The Balaban J connectivity index is 1.75. The summed E-state index contributed by atoms with van der Waals surface area (Å²) in [5.41, 5.74) is 1.36. The van der Waals surface area contributed by atoms with Crippen molar-refractivity contribution in [1.82, 2.24) is 4.90 Å². The molecule has 1 saturated heterocycles. The molecule has 0 bridgehead atoms. The Morgan fingerprint density at radius 1 is 1.22 bits per heavy atom. The lowest BCUT2D eigenvalue weighted by Gasteiger charge is -2.34. The fraction of sp³-hybridized carbons (Fsp3) is 0.400. The molecule has 1 amide bonds. The van der Waals surface area contributed by atoms with E-state index in [1.807, 2.05) is 44.2 Å². The number of carbonyl (C=O) groups is 2. The highest BCUT2D eigenvalue weighted by Crippen LogP contribution is 2.35. The van der Waals surface area contributed by atoms with Gasteiger partial charge in [0.15, 0.2) is 0 Å². The minimum absolute atomic E-state index is 0.0959. The van der Waals surface area contributed by atoms with E-state index in [0.717, 1.165) is 10.4 Å². The zero-order chi connectivity index (χ0) is 19.4. The Morgan fingerprint density at radius 3 is 2.52 bits per heavy atom. The second kappa shape index (κ2) is 8.65. The molecule has 2 atom stereocenters. The molecule has 2 unspecified atom stereocenters. The molecular weight excluding hydrogens is 364 g/mol. The molecule has 0 spiro atoms. The SMILES string of the molecule is COC(=O)c1cc(-c2ccccc2)sc1NC(=O)CN1CC(C)OC(C)C1. The molecule has 1 aromatic heterocycles. The Hall–Kier alpha value is -2.22. The zero-order valence-electron chi connectivity index (χ0n) is 15.7. The van der Waals surface area contributed by atoms with Crippen molar-refractivity contribution in [2.24, 2.45) is 0 Å². The average Bonchev–Trinajstić information content (AvgIpc) is 3.04. The predicted molar refractivity (Wildman–Crippen MR) is 106 cm³/mol. The minimum atomic E-state index is -0.461. The van der Waals surface area contributed by atoms with E-state index in [-0.39, 0.29) is 24.7 Å². The molecule has 144 valence electrons. The smallest absolute Gasteiger partial charge is 0.340 e. The van der Waals surface area contributed by atoms with E-state index >= 15 is 0 Å². The molecule has 1 N–H and O–H groups in total. The fourth-order valence-electron chi connectivity index (χ4n) is 3.27. The Bertz CT molecular complexity index is 796. The molecule has 2 heterocycles. The van der Waals surface area contributed by atoms with Crippen molar-refractivity contribution in [2.45, 2.75) is 26.1 Å². The summed E-state index contributed by atoms with van der Waals surface area (Å²) < 4.78 is 10.6. The average molecular weight is 388 g/mol. The van der Waals surface area contributed by atoms with Crippen LogP contribution < -0.4 is 5.32 Å². The first-order chi connectivity index (χ1) is 13.0. The fourth-order valence-corrected chi connectivity index (χ4v) is 4.34. The molecule has 0 aliphatic carbocycles. The van der Waals surface area contributed by atoms with Gasteiger partial charge in [0.2, 0.25) is 5.91 Å². The Morgan fingerprint density at radius 2 is 1.89 bits per heavy atom. The number of morpholine rings is 1. The highest BCUT2D eigenvalue weighted by atomic mass is 32.1. The first-order valence-electron chi connectivity index (χ1n) is 8.91. The van der Waals surface area contributed by atoms with Crippen molar-refractivity contribution < 1.29 is 19.1 Å². The lowest BCUT2D eigenvalue weighted by Crippen LogP contribution is -2.48.